The van der Waals surface area contributed by atoms with Crippen molar-refractivity contribution in [3.8, 4) is 0 Å². The molecule has 0 spiro atoms. The summed E-state index contributed by atoms with van der Waals surface area (Å²) >= 11 is 1.28. The molecule has 0 fully saturated rings. The van der Waals surface area contributed by atoms with Crippen LogP contribution in [0.5, 0.6) is 0 Å². The van der Waals surface area contributed by atoms with Gasteiger partial charge in [-0.1, -0.05) is 25.6 Å². The maximum Gasteiger partial charge on any atom is 0.295 e. The molecule has 0 saturated carbocycles. The lowest BCUT2D eigenvalue weighted by Crippen LogP contribution is -2.40. The molecule has 0 unspecified atom stereocenters. The Morgan fingerprint density at radius 3 is 2.65 bits per heavy atom. The smallest absolute Gasteiger partial charge is 0.295 e. The van der Waals surface area contributed by atoms with Gasteiger partial charge in [0.25, 0.3) is 5.56 Å². The van der Waals surface area contributed by atoms with Gasteiger partial charge >= 0.3 is 0 Å². The number of aromatic nitrogens is 3. The molecule has 0 aliphatic carbocycles. The Kier molecular flexibility index (Phi) is 4.53. The highest BCUT2D eigenvalue weighted by molar-refractivity contribution is 7.98. The summed E-state index contributed by atoms with van der Waals surface area (Å²) in [5.41, 5.74) is -0.502. The Balaban J connectivity index is 3.15. The highest BCUT2D eigenvalue weighted by atomic mass is 32.2. The van der Waals surface area contributed by atoms with Crippen molar-refractivity contribution in [2.45, 2.75) is 31.3 Å². The second kappa shape index (κ2) is 5.50. The van der Waals surface area contributed by atoms with E-state index in [0.717, 1.165) is 4.68 Å². The van der Waals surface area contributed by atoms with Crippen LogP contribution in [0.15, 0.2) is 9.95 Å². The molecular formula is C10H18N4O2S. The van der Waals surface area contributed by atoms with E-state index in [4.69, 9.17) is 10.6 Å². The second-order valence-corrected chi connectivity index (χ2v) is 5.00. The molecule has 17 heavy (non-hydrogen) atoms. The summed E-state index contributed by atoms with van der Waals surface area (Å²) in [5.74, 6) is 5.66. The van der Waals surface area contributed by atoms with Crippen molar-refractivity contribution in [1.29, 1.82) is 0 Å². The molecule has 1 aromatic heterocycles. The van der Waals surface area contributed by atoms with Crippen molar-refractivity contribution in [2.75, 3.05) is 25.3 Å². The maximum atomic E-state index is 12.0. The monoisotopic (exact) mass is 258 g/mol. The average molecular weight is 258 g/mol. The number of nitrogens with zero attached hydrogens (tertiary/aromatic N) is 3. The molecule has 1 aromatic rings. The van der Waals surface area contributed by atoms with Crippen LogP contribution < -0.4 is 11.4 Å². The van der Waals surface area contributed by atoms with Gasteiger partial charge in [0.05, 0.1) is 6.61 Å². The molecule has 0 radical (unpaired) electrons. The van der Waals surface area contributed by atoms with E-state index in [2.05, 4.69) is 10.2 Å². The second-order valence-electron chi connectivity index (χ2n) is 4.23. The normalized spacial score (nSPS) is 11.8. The zero-order valence-electron chi connectivity index (χ0n) is 10.6. The number of hydrogen-bond acceptors (Lipinski definition) is 6. The summed E-state index contributed by atoms with van der Waals surface area (Å²) < 4.78 is 6.37. The van der Waals surface area contributed by atoms with E-state index in [1.807, 2.05) is 20.8 Å². The Bertz CT molecular complexity index is 444. The molecule has 0 saturated heterocycles. The summed E-state index contributed by atoms with van der Waals surface area (Å²) in [5, 5.41) is 8.29. The van der Waals surface area contributed by atoms with Gasteiger partial charge < -0.3 is 10.6 Å². The minimum absolute atomic E-state index is 0.325. The molecule has 0 amide bonds. The lowest BCUT2D eigenvalue weighted by Gasteiger charge is -2.22. The van der Waals surface area contributed by atoms with Crippen LogP contribution in [-0.2, 0) is 10.2 Å². The third kappa shape index (κ3) is 2.98. The number of ether oxygens (including phenoxy) is 1. The SMILES string of the molecule is CCOCC(C)(C)c1nnc(SC)n(N)c1=O. The average Bonchev–Trinajstić information content (AvgIpc) is 2.29. The van der Waals surface area contributed by atoms with Crippen LogP contribution in [0.2, 0.25) is 0 Å². The Labute approximate surface area is 105 Å². The van der Waals surface area contributed by atoms with E-state index in [1.165, 1.54) is 11.8 Å². The van der Waals surface area contributed by atoms with Crippen LogP contribution in [0.4, 0.5) is 0 Å². The zero-order chi connectivity index (χ0) is 13.1. The van der Waals surface area contributed by atoms with Gasteiger partial charge in [-0.15, -0.1) is 10.2 Å². The topological polar surface area (TPSA) is 83.0 Å². The number of rotatable bonds is 5. The fourth-order valence-corrected chi connectivity index (χ4v) is 1.78. The lowest BCUT2D eigenvalue weighted by molar-refractivity contribution is 0.102. The van der Waals surface area contributed by atoms with Crippen LogP contribution in [0.3, 0.4) is 0 Å². The Hall–Kier alpha value is -1.08. The van der Waals surface area contributed by atoms with Crippen LogP contribution in [-0.4, -0.2) is 34.3 Å². The minimum Gasteiger partial charge on any atom is -0.381 e. The molecule has 0 aliphatic heterocycles. The first kappa shape index (κ1) is 14.0. The first-order valence-corrected chi connectivity index (χ1v) is 6.53. The Morgan fingerprint density at radius 2 is 2.12 bits per heavy atom. The zero-order valence-corrected chi connectivity index (χ0v) is 11.4. The first-order chi connectivity index (χ1) is 7.94. The third-order valence-electron chi connectivity index (χ3n) is 2.35. The van der Waals surface area contributed by atoms with Crippen LogP contribution >= 0.6 is 11.8 Å². The standard InChI is InChI=1S/C10H18N4O2S/c1-5-16-6-10(2,3)7-8(15)14(11)9(17-4)13-12-7/h5-6,11H2,1-4H3. The van der Waals surface area contributed by atoms with Crippen molar-refractivity contribution in [3.63, 3.8) is 0 Å². The molecule has 0 bridgehead atoms. The molecule has 0 aromatic carbocycles. The van der Waals surface area contributed by atoms with E-state index >= 15 is 0 Å². The van der Waals surface area contributed by atoms with Crippen molar-refractivity contribution in [3.05, 3.63) is 16.0 Å². The van der Waals surface area contributed by atoms with Crippen molar-refractivity contribution in [2.24, 2.45) is 0 Å². The predicted molar refractivity (Wildman–Crippen MR) is 67.7 cm³/mol. The highest BCUT2D eigenvalue weighted by Gasteiger charge is 2.28. The molecule has 0 aliphatic rings. The molecular weight excluding hydrogens is 240 g/mol. The molecule has 6 nitrogen and oxygen atoms in total. The molecule has 2 N–H and O–H groups in total. The summed E-state index contributed by atoms with van der Waals surface area (Å²) in [6.45, 7) is 6.67. The Morgan fingerprint density at radius 1 is 1.47 bits per heavy atom. The van der Waals surface area contributed by atoms with E-state index < -0.39 is 5.41 Å². The van der Waals surface area contributed by atoms with Gasteiger partial charge in [-0.2, -0.15) is 4.68 Å². The van der Waals surface area contributed by atoms with Crippen molar-refractivity contribution < 1.29 is 4.74 Å². The molecule has 96 valence electrons. The molecule has 1 rings (SSSR count). The van der Waals surface area contributed by atoms with Crippen LogP contribution in [0.1, 0.15) is 26.5 Å². The molecule has 1 heterocycles. The van der Waals surface area contributed by atoms with E-state index in [1.54, 1.807) is 6.26 Å². The lowest BCUT2D eigenvalue weighted by atomic mass is 9.91. The summed E-state index contributed by atoms with van der Waals surface area (Å²) in [7, 11) is 0. The van der Waals surface area contributed by atoms with Crippen LogP contribution in [0.25, 0.3) is 0 Å². The van der Waals surface area contributed by atoms with E-state index in [9.17, 15) is 4.79 Å². The van der Waals surface area contributed by atoms with Gasteiger partial charge in [0.15, 0.2) is 0 Å². The van der Waals surface area contributed by atoms with Crippen molar-refractivity contribution >= 4 is 11.8 Å². The molecule has 0 atom stereocenters. The van der Waals surface area contributed by atoms with Gasteiger partial charge in [0.2, 0.25) is 5.16 Å². The van der Waals surface area contributed by atoms with Gasteiger partial charge in [0, 0.05) is 12.0 Å². The summed E-state index contributed by atoms with van der Waals surface area (Å²) in [4.78, 5) is 12.0. The molecule has 7 heteroatoms. The summed E-state index contributed by atoms with van der Waals surface area (Å²) in [6.07, 6.45) is 1.79. The minimum atomic E-state index is -0.502. The number of nitrogen functional groups attached to an aromatic ring is 1. The third-order valence-corrected chi connectivity index (χ3v) is 3.00. The highest BCUT2D eigenvalue weighted by Crippen LogP contribution is 2.18. The first-order valence-electron chi connectivity index (χ1n) is 5.31. The van der Waals surface area contributed by atoms with Gasteiger partial charge in [-0.3, -0.25) is 4.79 Å². The fourth-order valence-electron chi connectivity index (χ4n) is 1.37. The number of hydrogen-bond donors (Lipinski definition) is 1. The largest absolute Gasteiger partial charge is 0.381 e. The van der Waals surface area contributed by atoms with E-state index in [0.29, 0.717) is 24.1 Å². The van der Waals surface area contributed by atoms with Crippen molar-refractivity contribution in [1.82, 2.24) is 14.9 Å². The van der Waals surface area contributed by atoms with E-state index in [-0.39, 0.29) is 5.56 Å². The maximum absolute atomic E-state index is 12.0. The van der Waals surface area contributed by atoms with Crippen LogP contribution in [0, 0.1) is 0 Å². The quantitative estimate of drug-likeness (QED) is 0.607. The van der Waals surface area contributed by atoms with Gasteiger partial charge in [-0.25, -0.2) is 0 Å². The number of thioether (sulfide) groups is 1. The predicted octanol–water partition coefficient (Wildman–Crippen LogP) is 0.388. The van der Waals surface area contributed by atoms with Gasteiger partial charge in [-0.05, 0) is 13.2 Å². The fraction of sp³-hybridized carbons (Fsp3) is 0.700. The number of nitrogens with two attached hydrogens (primary N) is 1. The summed E-state index contributed by atoms with van der Waals surface area (Å²) in [6, 6.07) is 0. The van der Waals surface area contributed by atoms with Gasteiger partial charge in [0.1, 0.15) is 5.69 Å².